The van der Waals surface area contributed by atoms with Gasteiger partial charge in [0, 0.05) is 22.7 Å². The van der Waals surface area contributed by atoms with Crippen molar-refractivity contribution in [1.29, 1.82) is 0 Å². The summed E-state index contributed by atoms with van der Waals surface area (Å²) >= 11 is 0. The van der Waals surface area contributed by atoms with Gasteiger partial charge in [-0.3, -0.25) is 0 Å². The summed E-state index contributed by atoms with van der Waals surface area (Å²) in [6.07, 6.45) is 1.86. The topological polar surface area (TPSA) is 62.3 Å². The average Bonchev–Trinajstić information content (AvgIpc) is 2.88. The van der Waals surface area contributed by atoms with Gasteiger partial charge in [-0.1, -0.05) is 18.2 Å². The van der Waals surface area contributed by atoms with E-state index in [4.69, 9.17) is 9.84 Å². The molecular formula is C17H15NO3. The average molecular weight is 281 g/mol. The highest BCUT2D eigenvalue weighted by Gasteiger charge is 2.09. The van der Waals surface area contributed by atoms with Gasteiger partial charge in [-0.25, -0.2) is 4.79 Å². The molecule has 0 aliphatic heterocycles. The van der Waals surface area contributed by atoms with Crippen LogP contribution in [0.5, 0.6) is 5.75 Å². The van der Waals surface area contributed by atoms with E-state index in [1.165, 1.54) is 0 Å². The van der Waals surface area contributed by atoms with Crippen LogP contribution in [0.2, 0.25) is 0 Å². The molecule has 0 unspecified atom stereocenters. The molecule has 0 aliphatic carbocycles. The van der Waals surface area contributed by atoms with Crippen LogP contribution in [0.4, 0.5) is 0 Å². The second kappa shape index (κ2) is 5.32. The van der Waals surface area contributed by atoms with Gasteiger partial charge < -0.3 is 14.8 Å². The van der Waals surface area contributed by atoms with Crippen LogP contribution in [0.1, 0.15) is 21.5 Å². The number of benzene rings is 2. The van der Waals surface area contributed by atoms with E-state index >= 15 is 0 Å². The minimum absolute atomic E-state index is 0.277. The lowest BCUT2D eigenvalue weighted by molar-refractivity contribution is 0.0697. The molecule has 3 aromatic rings. The Morgan fingerprint density at radius 3 is 2.81 bits per heavy atom. The molecule has 21 heavy (non-hydrogen) atoms. The van der Waals surface area contributed by atoms with E-state index < -0.39 is 5.97 Å². The van der Waals surface area contributed by atoms with Gasteiger partial charge in [0.25, 0.3) is 0 Å². The molecule has 0 saturated heterocycles. The van der Waals surface area contributed by atoms with Crippen molar-refractivity contribution in [2.24, 2.45) is 0 Å². The molecule has 1 heterocycles. The van der Waals surface area contributed by atoms with E-state index in [-0.39, 0.29) is 5.56 Å². The molecule has 2 aromatic carbocycles. The van der Waals surface area contributed by atoms with E-state index in [9.17, 15) is 4.79 Å². The lowest BCUT2D eigenvalue weighted by Crippen LogP contribution is -1.98. The van der Waals surface area contributed by atoms with Gasteiger partial charge >= 0.3 is 5.97 Å². The molecule has 0 amide bonds. The van der Waals surface area contributed by atoms with Gasteiger partial charge in [-0.05, 0) is 36.8 Å². The fourth-order valence-electron chi connectivity index (χ4n) is 2.30. The van der Waals surface area contributed by atoms with Gasteiger partial charge in [0.05, 0.1) is 5.56 Å². The molecule has 2 N–H and O–H groups in total. The fourth-order valence-corrected chi connectivity index (χ4v) is 2.30. The first kappa shape index (κ1) is 13.2. The quantitative estimate of drug-likeness (QED) is 0.765. The summed E-state index contributed by atoms with van der Waals surface area (Å²) in [5, 5.41) is 9.95. The Bertz CT molecular complexity index is 805. The molecule has 0 radical (unpaired) electrons. The first-order valence-corrected chi connectivity index (χ1v) is 6.67. The van der Waals surface area contributed by atoms with Crippen LogP contribution in [0.3, 0.4) is 0 Å². The second-order valence-corrected chi connectivity index (χ2v) is 4.93. The molecule has 0 fully saturated rings. The number of para-hydroxylation sites is 1. The van der Waals surface area contributed by atoms with Crippen LogP contribution >= 0.6 is 0 Å². The standard InChI is InChI=1S/C17H15NO3/c1-11-4-2-3-5-16(11)21-10-13-9-18-15-7-6-12(17(19)20)8-14(13)15/h2-9,18H,10H2,1H3,(H,19,20). The maximum Gasteiger partial charge on any atom is 0.335 e. The zero-order valence-electron chi connectivity index (χ0n) is 11.6. The zero-order valence-corrected chi connectivity index (χ0v) is 11.6. The number of ether oxygens (including phenoxy) is 1. The molecule has 0 bridgehead atoms. The lowest BCUT2D eigenvalue weighted by Gasteiger charge is -2.08. The molecule has 0 saturated carbocycles. The van der Waals surface area contributed by atoms with E-state index in [0.717, 1.165) is 27.8 Å². The number of aromatic nitrogens is 1. The molecular weight excluding hydrogens is 266 g/mol. The largest absolute Gasteiger partial charge is 0.489 e. The second-order valence-electron chi connectivity index (χ2n) is 4.93. The maximum atomic E-state index is 11.1. The first-order valence-electron chi connectivity index (χ1n) is 6.67. The van der Waals surface area contributed by atoms with Gasteiger partial charge in [0.15, 0.2) is 0 Å². The number of carbonyl (C=O) groups is 1. The third-order valence-electron chi connectivity index (χ3n) is 3.49. The predicted octanol–water partition coefficient (Wildman–Crippen LogP) is 3.75. The number of nitrogens with one attached hydrogen (secondary N) is 1. The molecule has 3 rings (SSSR count). The minimum Gasteiger partial charge on any atom is -0.489 e. The van der Waals surface area contributed by atoms with Crippen molar-refractivity contribution in [1.82, 2.24) is 4.98 Å². The van der Waals surface area contributed by atoms with Crippen molar-refractivity contribution in [3.05, 3.63) is 65.4 Å². The number of carboxylic acids is 1. The number of fused-ring (bicyclic) bond motifs is 1. The van der Waals surface area contributed by atoms with Crippen LogP contribution in [0, 0.1) is 6.92 Å². The van der Waals surface area contributed by atoms with Crippen LogP contribution < -0.4 is 4.74 Å². The summed E-state index contributed by atoms with van der Waals surface area (Å²) in [7, 11) is 0. The monoisotopic (exact) mass is 281 g/mol. The predicted molar refractivity (Wildman–Crippen MR) is 80.8 cm³/mol. The SMILES string of the molecule is Cc1ccccc1OCc1c[nH]c2ccc(C(=O)O)cc12. The highest BCUT2D eigenvalue weighted by molar-refractivity contribution is 5.94. The molecule has 0 spiro atoms. The van der Waals surface area contributed by atoms with Crippen LogP contribution in [-0.2, 0) is 6.61 Å². The lowest BCUT2D eigenvalue weighted by atomic mass is 10.1. The van der Waals surface area contributed by atoms with E-state index in [2.05, 4.69) is 4.98 Å². The van der Waals surface area contributed by atoms with Gasteiger partial charge in [-0.2, -0.15) is 0 Å². The van der Waals surface area contributed by atoms with Crippen molar-refractivity contribution in [2.45, 2.75) is 13.5 Å². The highest BCUT2D eigenvalue weighted by atomic mass is 16.5. The normalized spacial score (nSPS) is 10.7. The third kappa shape index (κ3) is 2.60. The summed E-state index contributed by atoms with van der Waals surface area (Å²) in [5.74, 6) is -0.0925. The first-order chi connectivity index (χ1) is 10.1. The van der Waals surface area contributed by atoms with Crippen molar-refractivity contribution in [2.75, 3.05) is 0 Å². The van der Waals surface area contributed by atoms with Crippen molar-refractivity contribution in [3.8, 4) is 5.75 Å². The summed E-state index contributed by atoms with van der Waals surface area (Å²) in [6.45, 7) is 2.39. The molecule has 0 atom stereocenters. The van der Waals surface area contributed by atoms with Gasteiger partial charge in [0.1, 0.15) is 12.4 Å². The third-order valence-corrected chi connectivity index (χ3v) is 3.49. The molecule has 106 valence electrons. The van der Waals surface area contributed by atoms with Crippen LogP contribution in [0.25, 0.3) is 10.9 Å². The van der Waals surface area contributed by atoms with Crippen molar-refractivity contribution in [3.63, 3.8) is 0 Å². The Labute approximate surface area is 122 Å². The van der Waals surface area contributed by atoms with Gasteiger partial charge in [-0.15, -0.1) is 0 Å². The molecule has 4 nitrogen and oxygen atoms in total. The summed E-state index contributed by atoms with van der Waals surface area (Å²) < 4.78 is 5.82. The number of hydrogen-bond acceptors (Lipinski definition) is 2. The van der Waals surface area contributed by atoms with Crippen LogP contribution in [0.15, 0.2) is 48.7 Å². The summed E-state index contributed by atoms with van der Waals surface area (Å²) in [5.41, 5.74) is 3.20. The molecule has 4 heteroatoms. The number of H-pyrrole nitrogens is 1. The Balaban J connectivity index is 1.89. The van der Waals surface area contributed by atoms with Crippen molar-refractivity contribution < 1.29 is 14.6 Å². The molecule has 1 aromatic heterocycles. The maximum absolute atomic E-state index is 11.1. The Hall–Kier alpha value is -2.75. The Kier molecular flexibility index (Phi) is 3.36. The van der Waals surface area contributed by atoms with Gasteiger partial charge in [0.2, 0.25) is 0 Å². The minimum atomic E-state index is -0.927. The van der Waals surface area contributed by atoms with Crippen LogP contribution in [-0.4, -0.2) is 16.1 Å². The van der Waals surface area contributed by atoms with E-state index in [1.807, 2.05) is 37.4 Å². The van der Waals surface area contributed by atoms with E-state index in [1.54, 1.807) is 18.2 Å². The number of aromatic amines is 1. The fraction of sp³-hybridized carbons (Fsp3) is 0.118. The Morgan fingerprint density at radius 2 is 2.05 bits per heavy atom. The summed E-state index contributed by atoms with van der Waals surface area (Å²) in [4.78, 5) is 14.2. The molecule has 0 aliphatic rings. The Morgan fingerprint density at radius 1 is 1.24 bits per heavy atom. The number of aryl methyl sites for hydroxylation is 1. The van der Waals surface area contributed by atoms with E-state index in [0.29, 0.717) is 6.61 Å². The summed E-state index contributed by atoms with van der Waals surface area (Å²) in [6, 6.07) is 12.8. The van der Waals surface area contributed by atoms with Crippen molar-refractivity contribution >= 4 is 16.9 Å². The number of hydrogen-bond donors (Lipinski definition) is 2. The smallest absolute Gasteiger partial charge is 0.335 e. The zero-order chi connectivity index (χ0) is 14.8. The number of carboxylic acid groups (broad SMARTS) is 1. The number of aromatic carboxylic acids is 1. The highest BCUT2D eigenvalue weighted by Crippen LogP contribution is 2.23. The number of rotatable bonds is 4.